The Kier molecular flexibility index (Phi) is 4.01. The largest absolute Gasteiger partial charge is 0.289 e. The van der Waals surface area contributed by atoms with Gasteiger partial charge in [0.2, 0.25) is 0 Å². The van der Waals surface area contributed by atoms with E-state index in [1.54, 1.807) is 12.1 Å². The monoisotopic (exact) mass is 286 g/mol. The Labute approximate surface area is 125 Å². The van der Waals surface area contributed by atoms with Gasteiger partial charge in [-0.25, -0.2) is 0 Å². The quantitative estimate of drug-likeness (QED) is 0.701. The summed E-state index contributed by atoms with van der Waals surface area (Å²) in [4.78, 5) is 12.8. The minimum atomic E-state index is 0.0109. The molecule has 0 aliphatic carbocycles. The van der Waals surface area contributed by atoms with E-state index in [0.29, 0.717) is 10.6 Å². The molecule has 2 heteroatoms. The molecule has 1 nitrogen and oxygen atoms in total. The first-order valence-corrected chi connectivity index (χ1v) is 7.10. The van der Waals surface area contributed by atoms with Gasteiger partial charge < -0.3 is 0 Å². The van der Waals surface area contributed by atoms with Crippen LogP contribution in [0, 0.1) is 34.6 Å². The van der Waals surface area contributed by atoms with E-state index in [1.165, 1.54) is 16.7 Å². The zero-order valence-corrected chi connectivity index (χ0v) is 13.4. The third-order valence-corrected chi connectivity index (χ3v) is 4.68. The van der Waals surface area contributed by atoms with E-state index in [9.17, 15) is 4.79 Å². The predicted molar refractivity (Wildman–Crippen MR) is 85.0 cm³/mol. The van der Waals surface area contributed by atoms with E-state index in [4.69, 9.17) is 11.6 Å². The lowest BCUT2D eigenvalue weighted by Crippen LogP contribution is -2.11. The summed E-state index contributed by atoms with van der Waals surface area (Å²) >= 11 is 6.16. The number of hydrogen-bond donors (Lipinski definition) is 0. The van der Waals surface area contributed by atoms with Crippen molar-refractivity contribution >= 4 is 17.4 Å². The van der Waals surface area contributed by atoms with Crippen molar-refractivity contribution in [3.8, 4) is 0 Å². The van der Waals surface area contributed by atoms with Crippen LogP contribution >= 0.6 is 11.6 Å². The summed E-state index contributed by atoms with van der Waals surface area (Å²) < 4.78 is 0. The fourth-order valence-electron chi connectivity index (χ4n) is 2.62. The molecule has 0 unspecified atom stereocenters. The van der Waals surface area contributed by atoms with E-state index >= 15 is 0 Å². The van der Waals surface area contributed by atoms with Gasteiger partial charge in [0.15, 0.2) is 5.78 Å². The van der Waals surface area contributed by atoms with E-state index in [0.717, 1.165) is 16.7 Å². The molecule has 104 valence electrons. The molecular weight excluding hydrogens is 268 g/mol. The Hall–Kier alpha value is -1.60. The molecule has 0 radical (unpaired) electrons. The number of hydrogen-bond acceptors (Lipinski definition) is 1. The van der Waals surface area contributed by atoms with Crippen LogP contribution in [0.5, 0.6) is 0 Å². The van der Waals surface area contributed by atoms with Gasteiger partial charge in [-0.3, -0.25) is 4.79 Å². The standard InChI is InChI=1S/C18H19ClO/c1-10-11(2)13(4)17(14(5)12(10)3)18(20)15-8-6-7-9-16(15)19/h6-9H,1-5H3. The maximum absolute atomic E-state index is 12.8. The average molecular weight is 287 g/mol. The molecule has 0 aromatic heterocycles. The topological polar surface area (TPSA) is 17.1 Å². The molecule has 2 aromatic carbocycles. The molecular formula is C18H19ClO. The van der Waals surface area contributed by atoms with Crippen molar-refractivity contribution < 1.29 is 4.79 Å². The summed E-state index contributed by atoms with van der Waals surface area (Å²) in [6, 6.07) is 7.23. The van der Waals surface area contributed by atoms with Crippen LogP contribution in [-0.4, -0.2) is 5.78 Å². The number of carbonyl (C=O) groups is 1. The smallest absolute Gasteiger partial charge is 0.195 e. The molecule has 0 aliphatic heterocycles. The first-order valence-electron chi connectivity index (χ1n) is 6.72. The highest BCUT2D eigenvalue weighted by molar-refractivity contribution is 6.35. The van der Waals surface area contributed by atoms with Crippen molar-refractivity contribution in [2.75, 3.05) is 0 Å². The molecule has 0 heterocycles. The second-order valence-corrected chi connectivity index (χ2v) is 5.72. The average Bonchev–Trinajstić information content (AvgIpc) is 2.43. The Balaban J connectivity index is 2.71. The molecule has 0 amide bonds. The zero-order chi connectivity index (χ0) is 15.0. The lowest BCUT2D eigenvalue weighted by Gasteiger charge is -2.18. The van der Waals surface area contributed by atoms with Crippen LogP contribution in [0.15, 0.2) is 24.3 Å². The Bertz CT molecular complexity index is 670. The zero-order valence-electron chi connectivity index (χ0n) is 12.6. The first kappa shape index (κ1) is 14.8. The fraction of sp³-hybridized carbons (Fsp3) is 0.278. The van der Waals surface area contributed by atoms with Gasteiger partial charge in [0.05, 0.1) is 5.02 Å². The summed E-state index contributed by atoms with van der Waals surface area (Å²) in [6.45, 7) is 10.3. The molecule has 0 fully saturated rings. The lowest BCUT2D eigenvalue weighted by molar-refractivity contribution is 0.103. The molecule has 2 rings (SSSR count). The maximum atomic E-state index is 12.8. The van der Waals surface area contributed by atoms with E-state index in [-0.39, 0.29) is 5.78 Å². The summed E-state index contributed by atoms with van der Waals surface area (Å²) in [6.07, 6.45) is 0. The van der Waals surface area contributed by atoms with Gasteiger partial charge in [-0.1, -0.05) is 23.7 Å². The second-order valence-electron chi connectivity index (χ2n) is 5.31. The van der Waals surface area contributed by atoms with Crippen LogP contribution in [-0.2, 0) is 0 Å². The van der Waals surface area contributed by atoms with Gasteiger partial charge in [-0.2, -0.15) is 0 Å². The van der Waals surface area contributed by atoms with E-state index < -0.39 is 0 Å². The Morgan fingerprint density at radius 3 is 1.75 bits per heavy atom. The first-order chi connectivity index (χ1) is 9.36. The summed E-state index contributed by atoms with van der Waals surface area (Å²) in [5.41, 5.74) is 7.09. The van der Waals surface area contributed by atoms with Crippen molar-refractivity contribution in [2.24, 2.45) is 0 Å². The highest BCUT2D eigenvalue weighted by Gasteiger charge is 2.20. The third-order valence-electron chi connectivity index (χ3n) is 4.35. The second kappa shape index (κ2) is 5.41. The number of rotatable bonds is 2. The summed E-state index contributed by atoms with van der Waals surface area (Å²) in [5.74, 6) is 0.0109. The molecule has 0 aliphatic rings. The van der Waals surface area contributed by atoms with E-state index in [2.05, 4.69) is 20.8 Å². The molecule has 20 heavy (non-hydrogen) atoms. The summed E-state index contributed by atoms with van der Waals surface area (Å²) in [7, 11) is 0. The number of benzene rings is 2. The summed E-state index contributed by atoms with van der Waals surface area (Å²) in [5, 5.41) is 0.507. The van der Waals surface area contributed by atoms with Gasteiger partial charge in [-0.15, -0.1) is 0 Å². The maximum Gasteiger partial charge on any atom is 0.195 e. The molecule has 0 saturated heterocycles. The molecule has 0 saturated carbocycles. The molecule has 0 spiro atoms. The van der Waals surface area contributed by atoms with Crippen LogP contribution in [0.4, 0.5) is 0 Å². The van der Waals surface area contributed by atoms with Crippen LogP contribution in [0.3, 0.4) is 0 Å². The number of ketones is 1. The van der Waals surface area contributed by atoms with Crippen molar-refractivity contribution in [1.29, 1.82) is 0 Å². The van der Waals surface area contributed by atoms with Crippen LogP contribution in [0.25, 0.3) is 0 Å². The van der Waals surface area contributed by atoms with Gasteiger partial charge >= 0.3 is 0 Å². The van der Waals surface area contributed by atoms with Crippen LogP contribution < -0.4 is 0 Å². The normalized spacial score (nSPS) is 10.7. The number of halogens is 1. The van der Waals surface area contributed by atoms with Gasteiger partial charge in [0.25, 0.3) is 0 Å². The van der Waals surface area contributed by atoms with E-state index in [1.807, 2.05) is 26.0 Å². The van der Waals surface area contributed by atoms with Crippen LogP contribution in [0.1, 0.15) is 43.7 Å². The van der Waals surface area contributed by atoms with Gasteiger partial charge in [-0.05, 0) is 74.6 Å². The third kappa shape index (κ3) is 2.27. The van der Waals surface area contributed by atoms with Crippen molar-refractivity contribution in [3.05, 3.63) is 68.2 Å². The van der Waals surface area contributed by atoms with Gasteiger partial charge in [0, 0.05) is 11.1 Å². The molecule has 0 bridgehead atoms. The number of carbonyl (C=O) groups excluding carboxylic acids is 1. The predicted octanol–water partition coefficient (Wildman–Crippen LogP) is 5.11. The fourth-order valence-corrected chi connectivity index (χ4v) is 2.84. The highest BCUT2D eigenvalue weighted by atomic mass is 35.5. The SMILES string of the molecule is Cc1c(C)c(C)c(C(=O)c2ccccc2Cl)c(C)c1C. The highest BCUT2D eigenvalue weighted by Crippen LogP contribution is 2.29. The van der Waals surface area contributed by atoms with Crippen molar-refractivity contribution in [1.82, 2.24) is 0 Å². The Morgan fingerprint density at radius 1 is 0.800 bits per heavy atom. The minimum Gasteiger partial charge on any atom is -0.289 e. The Morgan fingerprint density at radius 2 is 1.25 bits per heavy atom. The molecule has 0 N–H and O–H groups in total. The van der Waals surface area contributed by atoms with Crippen LogP contribution in [0.2, 0.25) is 5.02 Å². The molecule has 0 atom stereocenters. The van der Waals surface area contributed by atoms with Gasteiger partial charge in [0.1, 0.15) is 0 Å². The molecule has 2 aromatic rings. The van der Waals surface area contributed by atoms with Crippen molar-refractivity contribution in [2.45, 2.75) is 34.6 Å². The minimum absolute atomic E-state index is 0.0109. The van der Waals surface area contributed by atoms with Crippen molar-refractivity contribution in [3.63, 3.8) is 0 Å². The lowest BCUT2D eigenvalue weighted by atomic mass is 9.86.